The molecule has 0 aliphatic rings. The smallest absolute Gasteiger partial charge is 0.323 e. The van der Waals surface area contributed by atoms with Gasteiger partial charge in [0, 0.05) is 19.6 Å². The van der Waals surface area contributed by atoms with E-state index in [9.17, 15) is 9.59 Å². The highest BCUT2D eigenvalue weighted by Crippen LogP contribution is 2.11. The van der Waals surface area contributed by atoms with Gasteiger partial charge < -0.3 is 15.1 Å². The highest BCUT2D eigenvalue weighted by atomic mass is 16.4. The highest BCUT2D eigenvalue weighted by molar-refractivity contribution is 5.81. The van der Waals surface area contributed by atoms with Crippen molar-refractivity contribution in [2.24, 2.45) is 0 Å². The molecule has 0 aromatic rings. The Hall–Kier alpha value is -1.10. The van der Waals surface area contributed by atoms with Crippen LogP contribution in [0.3, 0.4) is 0 Å². The van der Waals surface area contributed by atoms with Crippen molar-refractivity contribution in [2.45, 2.75) is 77.6 Å². The number of amides is 1. The molecule has 0 aromatic heterocycles. The first-order chi connectivity index (χ1) is 10.6. The summed E-state index contributed by atoms with van der Waals surface area (Å²) >= 11 is 0. The van der Waals surface area contributed by atoms with E-state index in [2.05, 4.69) is 6.92 Å². The Morgan fingerprint density at radius 2 is 1.41 bits per heavy atom. The van der Waals surface area contributed by atoms with Gasteiger partial charge in [0.25, 0.3) is 0 Å². The van der Waals surface area contributed by atoms with E-state index in [-0.39, 0.29) is 19.1 Å². The molecule has 0 atom stereocenters. The number of nitrogens with zero attached hydrogens (tertiary/aromatic N) is 1. The average molecular weight is 315 g/mol. The Labute approximate surface area is 134 Å². The van der Waals surface area contributed by atoms with Crippen LogP contribution < -0.4 is 0 Å². The van der Waals surface area contributed by atoms with E-state index >= 15 is 0 Å². The standard InChI is InChI=1S/C17H33NO4/c1-2-3-4-5-6-7-8-9-10-12-16(20)18(13-11-14-19)15-17(21)22/h19H,2-15H2,1H3,(H,21,22). The van der Waals surface area contributed by atoms with E-state index in [0.717, 1.165) is 19.3 Å². The normalized spacial score (nSPS) is 10.6. The Balaban J connectivity index is 3.68. The Morgan fingerprint density at radius 3 is 1.91 bits per heavy atom. The van der Waals surface area contributed by atoms with Crippen LogP contribution >= 0.6 is 0 Å². The summed E-state index contributed by atoms with van der Waals surface area (Å²) in [6, 6.07) is 0. The summed E-state index contributed by atoms with van der Waals surface area (Å²) in [5.41, 5.74) is 0. The Kier molecular flexibility index (Phi) is 14.1. The molecule has 5 heteroatoms. The van der Waals surface area contributed by atoms with Crippen molar-refractivity contribution in [1.82, 2.24) is 4.90 Å². The lowest BCUT2D eigenvalue weighted by Gasteiger charge is -2.20. The quantitative estimate of drug-likeness (QED) is 0.455. The molecule has 0 bridgehead atoms. The predicted molar refractivity (Wildman–Crippen MR) is 87.8 cm³/mol. The van der Waals surface area contributed by atoms with Gasteiger partial charge in [-0.3, -0.25) is 9.59 Å². The number of carbonyl (C=O) groups excluding carboxylic acids is 1. The SMILES string of the molecule is CCCCCCCCCCCC(=O)N(CCCO)CC(=O)O. The van der Waals surface area contributed by atoms with Crippen molar-refractivity contribution < 1.29 is 19.8 Å². The zero-order valence-electron chi connectivity index (χ0n) is 14.1. The second-order valence-corrected chi connectivity index (χ2v) is 5.86. The van der Waals surface area contributed by atoms with Crippen LogP contribution in [0.15, 0.2) is 0 Å². The zero-order chi connectivity index (χ0) is 16.6. The van der Waals surface area contributed by atoms with E-state index in [1.807, 2.05) is 0 Å². The minimum Gasteiger partial charge on any atom is -0.480 e. The first-order valence-electron chi connectivity index (χ1n) is 8.72. The summed E-state index contributed by atoms with van der Waals surface area (Å²) in [7, 11) is 0. The van der Waals surface area contributed by atoms with E-state index in [0.29, 0.717) is 19.4 Å². The lowest BCUT2D eigenvalue weighted by Crippen LogP contribution is -2.36. The predicted octanol–water partition coefficient (Wildman–Crippen LogP) is 3.20. The summed E-state index contributed by atoms with van der Waals surface area (Å²) in [6.07, 6.45) is 11.6. The van der Waals surface area contributed by atoms with Gasteiger partial charge in [-0.1, -0.05) is 58.3 Å². The van der Waals surface area contributed by atoms with Gasteiger partial charge in [-0.2, -0.15) is 0 Å². The van der Waals surface area contributed by atoms with Crippen LogP contribution in [0, 0.1) is 0 Å². The molecule has 0 saturated heterocycles. The first-order valence-corrected chi connectivity index (χ1v) is 8.72. The van der Waals surface area contributed by atoms with E-state index in [1.54, 1.807) is 0 Å². The van der Waals surface area contributed by atoms with Crippen LogP contribution in [0.25, 0.3) is 0 Å². The summed E-state index contributed by atoms with van der Waals surface area (Å²) in [5.74, 6) is -1.11. The average Bonchev–Trinajstić information content (AvgIpc) is 2.49. The van der Waals surface area contributed by atoms with Crippen LogP contribution in [0.1, 0.15) is 77.6 Å². The van der Waals surface area contributed by atoms with Crippen molar-refractivity contribution in [3.63, 3.8) is 0 Å². The lowest BCUT2D eigenvalue weighted by atomic mass is 10.1. The molecule has 0 aromatic carbocycles. The number of hydrogen-bond donors (Lipinski definition) is 2. The second kappa shape index (κ2) is 14.8. The number of carbonyl (C=O) groups is 2. The fourth-order valence-electron chi connectivity index (χ4n) is 2.46. The molecule has 0 heterocycles. The van der Waals surface area contributed by atoms with Gasteiger partial charge in [0.1, 0.15) is 6.54 Å². The summed E-state index contributed by atoms with van der Waals surface area (Å²) in [6.45, 7) is 2.24. The molecule has 0 saturated carbocycles. The van der Waals surface area contributed by atoms with Crippen molar-refractivity contribution in [3.05, 3.63) is 0 Å². The molecule has 130 valence electrons. The number of aliphatic hydroxyl groups excluding tert-OH is 1. The van der Waals surface area contributed by atoms with Crippen LogP contribution in [-0.2, 0) is 9.59 Å². The molecule has 0 radical (unpaired) electrons. The number of aliphatic carboxylic acids is 1. The number of unbranched alkanes of at least 4 members (excludes halogenated alkanes) is 8. The number of carboxylic acids is 1. The van der Waals surface area contributed by atoms with E-state index < -0.39 is 5.97 Å². The minimum absolute atomic E-state index is 0.0264. The fraction of sp³-hybridized carbons (Fsp3) is 0.882. The number of hydrogen-bond acceptors (Lipinski definition) is 3. The molecular weight excluding hydrogens is 282 g/mol. The topological polar surface area (TPSA) is 77.8 Å². The molecule has 0 spiro atoms. The maximum atomic E-state index is 12.0. The third kappa shape index (κ3) is 12.6. The maximum absolute atomic E-state index is 12.0. The zero-order valence-corrected chi connectivity index (χ0v) is 14.1. The van der Waals surface area contributed by atoms with Crippen molar-refractivity contribution in [3.8, 4) is 0 Å². The Bertz CT molecular complexity index is 294. The van der Waals surface area contributed by atoms with Gasteiger partial charge in [-0.25, -0.2) is 0 Å². The van der Waals surface area contributed by atoms with E-state index in [1.165, 1.54) is 43.4 Å². The molecule has 0 rings (SSSR count). The largest absolute Gasteiger partial charge is 0.480 e. The molecule has 2 N–H and O–H groups in total. The molecule has 0 aliphatic carbocycles. The van der Waals surface area contributed by atoms with Crippen LogP contribution in [0.2, 0.25) is 0 Å². The van der Waals surface area contributed by atoms with Gasteiger partial charge in [-0.05, 0) is 12.8 Å². The summed E-state index contributed by atoms with van der Waals surface area (Å²) < 4.78 is 0. The number of carboxylic acid groups (broad SMARTS) is 1. The fourth-order valence-corrected chi connectivity index (χ4v) is 2.46. The second-order valence-electron chi connectivity index (χ2n) is 5.86. The van der Waals surface area contributed by atoms with Gasteiger partial charge in [0.05, 0.1) is 0 Å². The van der Waals surface area contributed by atoms with Gasteiger partial charge in [-0.15, -0.1) is 0 Å². The summed E-state index contributed by atoms with van der Waals surface area (Å²) in [4.78, 5) is 24.1. The molecule has 0 unspecified atom stereocenters. The van der Waals surface area contributed by atoms with Gasteiger partial charge >= 0.3 is 5.97 Å². The maximum Gasteiger partial charge on any atom is 0.323 e. The number of rotatable bonds is 15. The molecular formula is C17H33NO4. The van der Waals surface area contributed by atoms with Crippen LogP contribution in [0.5, 0.6) is 0 Å². The minimum atomic E-state index is -1.00. The molecule has 5 nitrogen and oxygen atoms in total. The number of aliphatic hydroxyl groups is 1. The van der Waals surface area contributed by atoms with Crippen molar-refractivity contribution in [1.29, 1.82) is 0 Å². The Morgan fingerprint density at radius 1 is 0.864 bits per heavy atom. The van der Waals surface area contributed by atoms with Gasteiger partial charge in [0.2, 0.25) is 5.91 Å². The molecule has 0 fully saturated rings. The van der Waals surface area contributed by atoms with Crippen LogP contribution in [0.4, 0.5) is 0 Å². The third-order valence-electron chi connectivity index (χ3n) is 3.76. The van der Waals surface area contributed by atoms with Gasteiger partial charge in [0.15, 0.2) is 0 Å². The van der Waals surface area contributed by atoms with Crippen LogP contribution in [-0.4, -0.2) is 46.7 Å². The van der Waals surface area contributed by atoms with E-state index in [4.69, 9.17) is 10.2 Å². The molecule has 0 aliphatic heterocycles. The molecule has 22 heavy (non-hydrogen) atoms. The molecule has 1 amide bonds. The van der Waals surface area contributed by atoms with Crippen molar-refractivity contribution >= 4 is 11.9 Å². The first kappa shape index (κ1) is 20.9. The summed E-state index contributed by atoms with van der Waals surface area (Å²) in [5, 5.41) is 17.6. The lowest BCUT2D eigenvalue weighted by molar-refractivity contribution is -0.144. The third-order valence-corrected chi connectivity index (χ3v) is 3.76. The highest BCUT2D eigenvalue weighted by Gasteiger charge is 2.15. The monoisotopic (exact) mass is 315 g/mol. The van der Waals surface area contributed by atoms with Crippen molar-refractivity contribution in [2.75, 3.05) is 19.7 Å².